The van der Waals surface area contributed by atoms with Gasteiger partial charge in [-0.3, -0.25) is 9.69 Å². The lowest BCUT2D eigenvalue weighted by molar-refractivity contribution is -0.140. The molecule has 1 aromatic carbocycles. The van der Waals surface area contributed by atoms with Crippen molar-refractivity contribution in [3.8, 4) is 5.75 Å². The summed E-state index contributed by atoms with van der Waals surface area (Å²) < 4.78 is 5.32. The first kappa shape index (κ1) is 17.2. The lowest BCUT2D eigenvalue weighted by Crippen LogP contribution is -2.54. The molecule has 0 aromatic heterocycles. The number of hydrogen-bond donors (Lipinski definition) is 1. The number of rotatable bonds is 5. The molecule has 2 fully saturated rings. The van der Waals surface area contributed by atoms with E-state index in [1.54, 1.807) is 7.11 Å². The molecule has 0 bridgehead atoms. The van der Waals surface area contributed by atoms with Crippen molar-refractivity contribution >= 4 is 5.91 Å². The smallest absolute Gasteiger partial charge is 0.222 e. The van der Waals surface area contributed by atoms with Crippen LogP contribution in [0.1, 0.15) is 31.2 Å². The number of aliphatic hydroxyl groups is 1. The first-order chi connectivity index (χ1) is 11.6. The summed E-state index contributed by atoms with van der Waals surface area (Å²) in [7, 11) is 1.70. The van der Waals surface area contributed by atoms with Crippen molar-refractivity contribution in [1.29, 1.82) is 0 Å². The van der Waals surface area contributed by atoms with Crippen molar-refractivity contribution in [3.05, 3.63) is 29.8 Å². The lowest BCUT2D eigenvalue weighted by Gasteiger charge is -2.48. The van der Waals surface area contributed by atoms with Gasteiger partial charge in [-0.15, -0.1) is 0 Å². The molecule has 2 saturated heterocycles. The number of piperidine rings is 2. The van der Waals surface area contributed by atoms with Gasteiger partial charge in [0.2, 0.25) is 5.91 Å². The lowest BCUT2D eigenvalue weighted by atomic mass is 9.73. The zero-order valence-corrected chi connectivity index (χ0v) is 14.5. The summed E-state index contributed by atoms with van der Waals surface area (Å²) in [6.45, 7) is 4.37. The molecule has 132 valence electrons. The fourth-order valence-electron chi connectivity index (χ4n) is 4.23. The number of aliphatic hydroxyl groups excluding tert-OH is 1. The number of hydrogen-bond acceptors (Lipinski definition) is 4. The van der Waals surface area contributed by atoms with Gasteiger partial charge in [0.15, 0.2) is 0 Å². The van der Waals surface area contributed by atoms with Crippen LogP contribution in [0.25, 0.3) is 0 Å². The maximum atomic E-state index is 12.0. The molecule has 24 heavy (non-hydrogen) atoms. The number of β-amino-alcohol motifs (C(OH)–C–C–N with tert-alkyl or cyclic N) is 1. The van der Waals surface area contributed by atoms with E-state index >= 15 is 0 Å². The molecule has 1 amide bonds. The van der Waals surface area contributed by atoms with Crippen molar-refractivity contribution in [2.24, 2.45) is 5.41 Å². The first-order valence-electron chi connectivity index (χ1n) is 8.88. The fourth-order valence-corrected chi connectivity index (χ4v) is 4.23. The van der Waals surface area contributed by atoms with E-state index in [1.165, 1.54) is 18.4 Å². The van der Waals surface area contributed by atoms with E-state index in [0.717, 1.165) is 38.3 Å². The second-order valence-corrected chi connectivity index (χ2v) is 7.20. The Labute approximate surface area is 144 Å². The summed E-state index contributed by atoms with van der Waals surface area (Å²) >= 11 is 0. The van der Waals surface area contributed by atoms with Crippen LogP contribution in [0.3, 0.4) is 0 Å². The molecule has 5 heteroatoms. The predicted octanol–water partition coefficient (Wildman–Crippen LogP) is 1.89. The Bertz CT molecular complexity index is 577. The maximum absolute atomic E-state index is 12.0. The molecule has 5 nitrogen and oxygen atoms in total. The quantitative estimate of drug-likeness (QED) is 0.895. The van der Waals surface area contributed by atoms with E-state index in [-0.39, 0.29) is 17.9 Å². The summed E-state index contributed by atoms with van der Waals surface area (Å²) in [4.78, 5) is 16.4. The van der Waals surface area contributed by atoms with Crippen LogP contribution >= 0.6 is 0 Å². The van der Waals surface area contributed by atoms with Gasteiger partial charge in [-0.2, -0.15) is 0 Å². The average Bonchev–Trinajstić information content (AvgIpc) is 2.59. The minimum absolute atomic E-state index is 0.0509. The third kappa shape index (κ3) is 3.90. The highest BCUT2D eigenvalue weighted by Crippen LogP contribution is 2.39. The van der Waals surface area contributed by atoms with Gasteiger partial charge in [0.1, 0.15) is 5.75 Å². The predicted molar refractivity (Wildman–Crippen MR) is 92.8 cm³/mol. The number of nitrogens with zero attached hydrogens (tertiary/aromatic N) is 2. The molecule has 2 heterocycles. The van der Waals surface area contributed by atoms with Gasteiger partial charge in [-0.1, -0.05) is 12.1 Å². The summed E-state index contributed by atoms with van der Waals surface area (Å²) in [5.74, 6) is 1.09. The highest BCUT2D eigenvalue weighted by Gasteiger charge is 2.41. The summed E-state index contributed by atoms with van der Waals surface area (Å²) in [6, 6.07) is 8.26. The summed E-state index contributed by atoms with van der Waals surface area (Å²) in [5.41, 5.74) is 1.46. The number of carbonyl (C=O) groups is 1. The Morgan fingerprint density at radius 1 is 1.29 bits per heavy atom. The molecule has 1 aromatic rings. The highest BCUT2D eigenvalue weighted by molar-refractivity contribution is 5.77. The largest absolute Gasteiger partial charge is 0.497 e. The van der Waals surface area contributed by atoms with Crippen LogP contribution in [0, 0.1) is 5.41 Å². The number of carbonyl (C=O) groups excluding carboxylic acids is 1. The summed E-state index contributed by atoms with van der Waals surface area (Å²) in [6.07, 6.45) is 3.94. The van der Waals surface area contributed by atoms with Gasteiger partial charge in [-0.25, -0.2) is 0 Å². The molecule has 0 unspecified atom stereocenters. The normalized spacial score (nSPS) is 25.2. The van der Waals surface area contributed by atoms with Crippen LogP contribution in [0.15, 0.2) is 24.3 Å². The molecule has 2 aliphatic heterocycles. The van der Waals surface area contributed by atoms with Gasteiger partial charge in [-0.05, 0) is 43.5 Å². The Morgan fingerprint density at radius 2 is 2.17 bits per heavy atom. The van der Waals surface area contributed by atoms with Crippen molar-refractivity contribution in [2.45, 2.75) is 32.2 Å². The van der Waals surface area contributed by atoms with Crippen LogP contribution < -0.4 is 4.74 Å². The van der Waals surface area contributed by atoms with E-state index in [2.05, 4.69) is 17.0 Å². The van der Waals surface area contributed by atoms with Crippen LogP contribution in [0.5, 0.6) is 5.75 Å². The Balaban J connectivity index is 1.66. The average molecular weight is 332 g/mol. The summed E-state index contributed by atoms with van der Waals surface area (Å²) in [5, 5.41) is 9.20. The zero-order chi connectivity index (χ0) is 17.0. The van der Waals surface area contributed by atoms with Gasteiger partial charge in [0.25, 0.3) is 0 Å². The number of amides is 1. The van der Waals surface area contributed by atoms with Crippen LogP contribution in [-0.4, -0.2) is 60.7 Å². The molecule has 2 aliphatic rings. The molecular formula is C19H28N2O3. The van der Waals surface area contributed by atoms with Crippen molar-refractivity contribution in [1.82, 2.24) is 9.80 Å². The second-order valence-electron chi connectivity index (χ2n) is 7.20. The minimum Gasteiger partial charge on any atom is -0.497 e. The monoisotopic (exact) mass is 332 g/mol. The second kappa shape index (κ2) is 7.53. The maximum Gasteiger partial charge on any atom is 0.222 e. The van der Waals surface area contributed by atoms with Gasteiger partial charge < -0.3 is 14.7 Å². The first-order valence-corrected chi connectivity index (χ1v) is 8.88. The molecule has 0 aliphatic carbocycles. The SMILES string of the molecule is COc1cccc(CN2CCC[C@]3(CCC(=O)N(CCO)C3)C2)c1. The standard InChI is InChI=1S/C19H28N2O3/c1-24-17-5-2-4-16(12-17)13-20-9-3-7-19(14-20)8-6-18(23)21(15-19)10-11-22/h2,4-5,12,22H,3,6-11,13-15H2,1H3/t19-/m0/s1. The molecular weight excluding hydrogens is 304 g/mol. The number of benzene rings is 1. The Hall–Kier alpha value is -1.59. The van der Waals surface area contributed by atoms with Crippen molar-refractivity contribution < 1.29 is 14.6 Å². The molecule has 0 saturated carbocycles. The van der Waals surface area contributed by atoms with Gasteiger partial charge in [0.05, 0.1) is 13.7 Å². The van der Waals surface area contributed by atoms with Gasteiger partial charge in [0, 0.05) is 38.0 Å². The highest BCUT2D eigenvalue weighted by atomic mass is 16.5. The van der Waals surface area contributed by atoms with E-state index in [0.29, 0.717) is 13.0 Å². The van der Waals surface area contributed by atoms with Gasteiger partial charge >= 0.3 is 0 Å². The van der Waals surface area contributed by atoms with E-state index in [4.69, 9.17) is 4.74 Å². The van der Waals surface area contributed by atoms with Crippen molar-refractivity contribution in [2.75, 3.05) is 39.9 Å². The minimum atomic E-state index is 0.0509. The molecule has 1 N–H and O–H groups in total. The number of ether oxygens (including phenoxy) is 1. The Morgan fingerprint density at radius 3 is 2.96 bits per heavy atom. The van der Waals surface area contributed by atoms with E-state index < -0.39 is 0 Å². The zero-order valence-electron chi connectivity index (χ0n) is 14.5. The number of methoxy groups -OCH3 is 1. The van der Waals surface area contributed by atoms with Crippen molar-refractivity contribution in [3.63, 3.8) is 0 Å². The third-order valence-electron chi connectivity index (χ3n) is 5.40. The third-order valence-corrected chi connectivity index (χ3v) is 5.40. The van der Waals surface area contributed by atoms with Crippen LogP contribution in [0.2, 0.25) is 0 Å². The van der Waals surface area contributed by atoms with Crippen LogP contribution in [0.4, 0.5) is 0 Å². The molecule has 1 atom stereocenters. The van der Waals surface area contributed by atoms with E-state index in [9.17, 15) is 9.90 Å². The van der Waals surface area contributed by atoms with E-state index in [1.807, 2.05) is 17.0 Å². The fraction of sp³-hybridized carbons (Fsp3) is 0.632. The topological polar surface area (TPSA) is 53.0 Å². The Kier molecular flexibility index (Phi) is 5.41. The number of likely N-dealkylation sites (tertiary alicyclic amines) is 2. The molecule has 0 radical (unpaired) electrons. The van der Waals surface area contributed by atoms with Crippen LogP contribution in [-0.2, 0) is 11.3 Å². The molecule has 3 rings (SSSR count). The molecule has 1 spiro atoms.